The normalized spacial score (nSPS) is 18.7. The van der Waals surface area contributed by atoms with E-state index >= 15 is 0 Å². The van der Waals surface area contributed by atoms with Crippen molar-refractivity contribution < 1.29 is 9.47 Å². The molecule has 2 fully saturated rings. The molecule has 0 heterocycles. The van der Waals surface area contributed by atoms with E-state index in [1.165, 1.54) is 146 Å². The molecule has 2 saturated carbocycles. The second-order valence-corrected chi connectivity index (χ2v) is 16.8. The summed E-state index contributed by atoms with van der Waals surface area (Å²) in [6.07, 6.45) is 29.4. The first-order chi connectivity index (χ1) is 26.5. The summed E-state index contributed by atoms with van der Waals surface area (Å²) in [4.78, 5) is 0. The molecule has 290 valence electrons. The van der Waals surface area contributed by atoms with E-state index in [4.69, 9.17) is 20.9 Å². The number of hydrogen-bond donors (Lipinski definition) is 2. The van der Waals surface area contributed by atoms with Crippen LogP contribution in [-0.2, 0) is 5.41 Å². The molecule has 0 bridgehead atoms. The molecule has 0 saturated heterocycles. The molecule has 0 aliphatic heterocycles. The highest BCUT2D eigenvalue weighted by molar-refractivity contribution is 5.48. The summed E-state index contributed by atoms with van der Waals surface area (Å²) in [7, 11) is 0. The van der Waals surface area contributed by atoms with Crippen LogP contribution in [-0.4, -0.2) is 0 Å². The van der Waals surface area contributed by atoms with Gasteiger partial charge >= 0.3 is 0 Å². The van der Waals surface area contributed by atoms with Crippen molar-refractivity contribution in [3.63, 3.8) is 0 Å². The Morgan fingerprint density at radius 2 is 0.907 bits per heavy atom. The first-order valence-electron chi connectivity index (χ1n) is 21.8. The van der Waals surface area contributed by atoms with Crippen LogP contribution in [0.4, 0.5) is 11.4 Å². The topological polar surface area (TPSA) is 70.5 Å². The number of benzene rings is 4. The monoisotopic (exact) mass is 729 g/mol. The number of anilines is 2. The Kier molecular flexibility index (Phi) is 15.2. The third-order valence-electron chi connectivity index (χ3n) is 12.9. The van der Waals surface area contributed by atoms with Gasteiger partial charge in [-0.25, -0.2) is 0 Å². The predicted octanol–water partition coefficient (Wildman–Crippen LogP) is 14.8. The predicted molar refractivity (Wildman–Crippen MR) is 229 cm³/mol. The van der Waals surface area contributed by atoms with Crippen molar-refractivity contribution in [1.29, 1.82) is 0 Å². The number of nitrogens with two attached hydrogens (primary N) is 2. The molecular weight excluding hydrogens is 661 g/mol. The van der Waals surface area contributed by atoms with E-state index in [-0.39, 0.29) is 5.41 Å². The standard InChI is InChI=1S/C50H68N2O2/c1-2-3-4-5-6-7-8-9-10-11-12-13-16-39-21-23-40(24-22-39)41-33-35-50(36-34-41,42-25-29-46(30-26-42)53-48-19-14-17-44(51)37-48)43-27-31-47(32-28-43)54-49-20-15-18-45(52)38-49/h14-15,17-20,25-32,37-41H,2-13,16,21-24,33-36,51-52H2,1H3/t39-,40-. The smallest absolute Gasteiger partial charge is 0.129 e. The Morgan fingerprint density at radius 1 is 0.481 bits per heavy atom. The lowest BCUT2D eigenvalue weighted by atomic mass is 9.60. The summed E-state index contributed by atoms with van der Waals surface area (Å²) in [6.45, 7) is 2.30. The maximum Gasteiger partial charge on any atom is 0.129 e. The van der Waals surface area contributed by atoms with Crippen molar-refractivity contribution in [3.8, 4) is 23.0 Å². The summed E-state index contributed by atoms with van der Waals surface area (Å²) in [5.41, 5.74) is 16.1. The molecule has 6 rings (SSSR count). The minimum atomic E-state index is -0.0340. The lowest BCUT2D eigenvalue weighted by Crippen LogP contribution is -2.35. The van der Waals surface area contributed by atoms with E-state index in [2.05, 4.69) is 55.5 Å². The van der Waals surface area contributed by atoms with Crippen LogP contribution in [0.5, 0.6) is 23.0 Å². The molecule has 54 heavy (non-hydrogen) atoms. The van der Waals surface area contributed by atoms with Crippen molar-refractivity contribution in [2.75, 3.05) is 11.5 Å². The molecule has 0 unspecified atom stereocenters. The minimum absolute atomic E-state index is 0.0340. The third kappa shape index (κ3) is 11.5. The summed E-state index contributed by atoms with van der Waals surface area (Å²) >= 11 is 0. The molecule has 4 aromatic rings. The first-order valence-corrected chi connectivity index (χ1v) is 21.8. The molecule has 0 spiro atoms. The van der Waals surface area contributed by atoms with Gasteiger partial charge in [0, 0.05) is 28.9 Å². The number of unbranched alkanes of at least 4 members (excludes halogenated alkanes) is 11. The average molecular weight is 729 g/mol. The molecule has 4 aromatic carbocycles. The number of nitrogen functional groups attached to an aromatic ring is 2. The number of rotatable bonds is 20. The molecule has 4 nitrogen and oxygen atoms in total. The van der Waals surface area contributed by atoms with Crippen LogP contribution in [0.2, 0.25) is 0 Å². The molecule has 0 atom stereocenters. The van der Waals surface area contributed by atoms with Gasteiger partial charge in [0.25, 0.3) is 0 Å². The van der Waals surface area contributed by atoms with Gasteiger partial charge in [0.2, 0.25) is 0 Å². The number of ether oxygens (including phenoxy) is 2. The third-order valence-corrected chi connectivity index (χ3v) is 12.9. The highest BCUT2D eigenvalue weighted by Crippen LogP contribution is 2.51. The van der Waals surface area contributed by atoms with Crippen LogP contribution in [0.15, 0.2) is 97.1 Å². The second-order valence-electron chi connectivity index (χ2n) is 16.8. The second kappa shape index (κ2) is 20.7. The van der Waals surface area contributed by atoms with Crippen LogP contribution < -0.4 is 20.9 Å². The lowest BCUT2D eigenvalue weighted by molar-refractivity contribution is 0.140. The van der Waals surface area contributed by atoms with E-state index in [0.29, 0.717) is 11.4 Å². The molecule has 2 aliphatic carbocycles. The quantitative estimate of drug-likeness (QED) is 0.0702. The first kappa shape index (κ1) is 39.8. The Bertz CT molecular complexity index is 1560. The Balaban J connectivity index is 1.01. The van der Waals surface area contributed by atoms with Crippen LogP contribution in [0.25, 0.3) is 0 Å². The Morgan fingerprint density at radius 3 is 1.35 bits per heavy atom. The minimum Gasteiger partial charge on any atom is -0.457 e. The van der Waals surface area contributed by atoms with Gasteiger partial charge in [-0.3, -0.25) is 0 Å². The summed E-state index contributed by atoms with van der Waals surface area (Å²) in [6, 6.07) is 32.9. The summed E-state index contributed by atoms with van der Waals surface area (Å²) in [5.74, 6) is 5.88. The summed E-state index contributed by atoms with van der Waals surface area (Å²) < 4.78 is 12.4. The molecule has 0 aromatic heterocycles. The van der Waals surface area contributed by atoms with Gasteiger partial charge in [0.15, 0.2) is 0 Å². The summed E-state index contributed by atoms with van der Waals surface area (Å²) in [5, 5.41) is 0. The molecule has 0 radical (unpaired) electrons. The van der Waals surface area contributed by atoms with Gasteiger partial charge in [0.1, 0.15) is 23.0 Å². The fourth-order valence-electron chi connectivity index (χ4n) is 9.68. The lowest BCUT2D eigenvalue weighted by Gasteiger charge is -2.44. The van der Waals surface area contributed by atoms with Gasteiger partial charge in [-0.1, -0.05) is 140 Å². The van der Waals surface area contributed by atoms with Gasteiger partial charge in [0.05, 0.1) is 0 Å². The number of hydrogen-bond acceptors (Lipinski definition) is 4. The molecule has 4 heteroatoms. The maximum absolute atomic E-state index is 6.19. The van der Waals surface area contributed by atoms with Crippen molar-refractivity contribution in [1.82, 2.24) is 0 Å². The van der Waals surface area contributed by atoms with Gasteiger partial charge in [-0.05, 0) is 116 Å². The van der Waals surface area contributed by atoms with Crippen molar-refractivity contribution >= 4 is 11.4 Å². The van der Waals surface area contributed by atoms with Crippen molar-refractivity contribution in [3.05, 3.63) is 108 Å². The molecule has 2 aliphatic rings. The highest BCUT2D eigenvalue weighted by Gasteiger charge is 2.41. The van der Waals surface area contributed by atoms with E-state index in [9.17, 15) is 0 Å². The zero-order valence-electron chi connectivity index (χ0n) is 33.3. The van der Waals surface area contributed by atoms with Crippen molar-refractivity contribution in [2.45, 2.75) is 147 Å². The van der Waals surface area contributed by atoms with E-state index in [1.807, 2.05) is 48.5 Å². The SMILES string of the molecule is CCCCCCCCCCCCCC[C@H]1CC[C@H](C2CCC(c3ccc(Oc4cccc(N)c4)cc3)(c3ccc(Oc4cccc(N)c4)cc3)CC2)CC1. The van der Waals surface area contributed by atoms with Crippen molar-refractivity contribution in [2.24, 2.45) is 17.8 Å². The fraction of sp³-hybridized carbons (Fsp3) is 0.520. The largest absolute Gasteiger partial charge is 0.457 e. The fourth-order valence-corrected chi connectivity index (χ4v) is 9.68. The van der Waals surface area contributed by atoms with E-state index in [1.54, 1.807) is 0 Å². The maximum atomic E-state index is 6.19. The van der Waals surface area contributed by atoms with E-state index in [0.717, 1.165) is 40.8 Å². The zero-order valence-corrected chi connectivity index (χ0v) is 33.3. The molecular formula is C50H68N2O2. The van der Waals surface area contributed by atoms with Gasteiger partial charge in [-0.15, -0.1) is 0 Å². The van der Waals surface area contributed by atoms with E-state index < -0.39 is 0 Å². The Labute approximate surface area is 327 Å². The van der Waals surface area contributed by atoms with Gasteiger partial charge in [-0.2, -0.15) is 0 Å². The van der Waals surface area contributed by atoms with Gasteiger partial charge < -0.3 is 20.9 Å². The van der Waals surface area contributed by atoms with Crippen LogP contribution in [0.3, 0.4) is 0 Å². The molecule has 0 amide bonds. The highest BCUT2D eigenvalue weighted by atomic mass is 16.5. The van der Waals surface area contributed by atoms with Crippen LogP contribution >= 0.6 is 0 Å². The Hall–Kier alpha value is -3.92. The van der Waals surface area contributed by atoms with Crippen LogP contribution in [0.1, 0.15) is 153 Å². The molecule has 4 N–H and O–H groups in total. The average Bonchev–Trinajstić information content (AvgIpc) is 3.19. The van der Waals surface area contributed by atoms with Crippen LogP contribution in [0, 0.1) is 17.8 Å². The zero-order chi connectivity index (χ0) is 37.4.